The van der Waals surface area contributed by atoms with E-state index in [-0.39, 0.29) is 6.54 Å². The molecule has 1 unspecified atom stereocenters. The van der Waals surface area contributed by atoms with Crippen molar-refractivity contribution >= 4 is 11.9 Å². The lowest BCUT2D eigenvalue weighted by atomic mass is 10.0. The molecular formula is C8H16N2O3. The Morgan fingerprint density at radius 1 is 1.46 bits per heavy atom. The zero-order valence-electron chi connectivity index (χ0n) is 7.91. The molecular weight excluding hydrogens is 172 g/mol. The van der Waals surface area contributed by atoms with Crippen LogP contribution in [-0.2, 0) is 9.59 Å². The van der Waals surface area contributed by atoms with Crippen LogP contribution in [0.2, 0.25) is 0 Å². The summed E-state index contributed by atoms with van der Waals surface area (Å²) in [6.45, 7) is 3.53. The number of carboxylic acids is 1. The molecule has 0 spiro atoms. The molecule has 0 bridgehead atoms. The fourth-order valence-electron chi connectivity index (χ4n) is 0.909. The van der Waals surface area contributed by atoms with Crippen molar-refractivity contribution < 1.29 is 14.7 Å². The maximum Gasteiger partial charge on any atom is 0.322 e. The SMILES string of the molecule is CC(C)CC(N)C(=O)NCC(=O)O. The van der Waals surface area contributed by atoms with Crippen LogP contribution in [0, 0.1) is 5.92 Å². The quantitative estimate of drug-likeness (QED) is 0.545. The van der Waals surface area contributed by atoms with Crippen LogP contribution in [0.5, 0.6) is 0 Å². The van der Waals surface area contributed by atoms with Crippen LogP contribution in [0.3, 0.4) is 0 Å². The maximum atomic E-state index is 11.1. The van der Waals surface area contributed by atoms with E-state index >= 15 is 0 Å². The predicted molar refractivity (Wildman–Crippen MR) is 48.1 cm³/mol. The molecule has 0 saturated heterocycles. The first-order valence-electron chi connectivity index (χ1n) is 4.18. The molecule has 0 aliphatic rings. The number of hydrogen-bond acceptors (Lipinski definition) is 3. The molecule has 1 amide bonds. The van der Waals surface area contributed by atoms with Crippen LogP contribution >= 0.6 is 0 Å². The Labute approximate surface area is 77.3 Å². The molecule has 5 nitrogen and oxygen atoms in total. The van der Waals surface area contributed by atoms with Gasteiger partial charge in [-0.3, -0.25) is 9.59 Å². The number of carbonyl (C=O) groups is 2. The Kier molecular flexibility index (Phi) is 5.06. The zero-order valence-corrected chi connectivity index (χ0v) is 7.91. The van der Waals surface area contributed by atoms with Crippen LogP contribution in [0.1, 0.15) is 20.3 Å². The number of amides is 1. The second-order valence-corrected chi connectivity index (χ2v) is 3.35. The summed E-state index contributed by atoms with van der Waals surface area (Å²) in [4.78, 5) is 21.2. The molecule has 5 heteroatoms. The summed E-state index contributed by atoms with van der Waals surface area (Å²) in [6, 6.07) is -0.612. The maximum absolute atomic E-state index is 11.1. The third kappa shape index (κ3) is 6.10. The van der Waals surface area contributed by atoms with E-state index in [4.69, 9.17) is 10.8 Å². The van der Waals surface area contributed by atoms with Crippen molar-refractivity contribution in [3.63, 3.8) is 0 Å². The third-order valence-corrected chi connectivity index (χ3v) is 1.48. The summed E-state index contributed by atoms with van der Waals surface area (Å²) in [6.07, 6.45) is 0.561. The highest BCUT2D eigenvalue weighted by atomic mass is 16.4. The van der Waals surface area contributed by atoms with E-state index in [1.807, 2.05) is 13.8 Å². The van der Waals surface area contributed by atoms with Crippen molar-refractivity contribution in [1.82, 2.24) is 5.32 Å². The second kappa shape index (κ2) is 5.53. The Balaban J connectivity index is 3.76. The van der Waals surface area contributed by atoms with E-state index in [9.17, 15) is 9.59 Å². The van der Waals surface area contributed by atoms with Gasteiger partial charge in [-0.15, -0.1) is 0 Å². The topological polar surface area (TPSA) is 92.4 Å². The molecule has 76 valence electrons. The Hall–Kier alpha value is -1.10. The highest BCUT2D eigenvalue weighted by Crippen LogP contribution is 2.01. The number of carboxylic acid groups (broad SMARTS) is 1. The number of nitrogens with one attached hydrogen (secondary N) is 1. The Morgan fingerprint density at radius 3 is 2.38 bits per heavy atom. The van der Waals surface area contributed by atoms with E-state index in [1.54, 1.807) is 0 Å². The van der Waals surface area contributed by atoms with Gasteiger partial charge in [0.05, 0.1) is 6.04 Å². The molecule has 0 radical (unpaired) electrons. The molecule has 0 aliphatic heterocycles. The number of aliphatic carboxylic acids is 1. The standard InChI is InChI=1S/C8H16N2O3/c1-5(2)3-6(9)8(13)10-4-7(11)12/h5-6H,3-4,9H2,1-2H3,(H,10,13)(H,11,12). The van der Waals surface area contributed by atoms with E-state index in [0.29, 0.717) is 12.3 Å². The van der Waals surface area contributed by atoms with E-state index in [0.717, 1.165) is 0 Å². The van der Waals surface area contributed by atoms with Crippen LogP contribution in [0.4, 0.5) is 0 Å². The first-order chi connectivity index (χ1) is 5.93. The van der Waals surface area contributed by atoms with Crippen LogP contribution in [-0.4, -0.2) is 29.6 Å². The lowest BCUT2D eigenvalue weighted by Gasteiger charge is -2.12. The van der Waals surface area contributed by atoms with Gasteiger partial charge in [0.1, 0.15) is 6.54 Å². The zero-order chi connectivity index (χ0) is 10.4. The average Bonchev–Trinajstić information content (AvgIpc) is 1.98. The summed E-state index contributed by atoms with van der Waals surface area (Å²) in [5.74, 6) is -1.15. The monoisotopic (exact) mass is 188 g/mol. The smallest absolute Gasteiger partial charge is 0.322 e. The lowest BCUT2D eigenvalue weighted by molar-refractivity contribution is -0.138. The van der Waals surface area contributed by atoms with Crippen molar-refractivity contribution in [3.8, 4) is 0 Å². The Bertz CT molecular complexity index is 192. The minimum absolute atomic E-state index is 0.325. The van der Waals surface area contributed by atoms with Gasteiger partial charge in [-0.05, 0) is 12.3 Å². The van der Waals surface area contributed by atoms with Gasteiger partial charge in [0.15, 0.2) is 0 Å². The van der Waals surface area contributed by atoms with Gasteiger partial charge in [-0.1, -0.05) is 13.8 Å². The second-order valence-electron chi connectivity index (χ2n) is 3.35. The van der Waals surface area contributed by atoms with Crippen molar-refractivity contribution in [3.05, 3.63) is 0 Å². The summed E-state index contributed by atoms with van der Waals surface area (Å²) in [7, 11) is 0. The fourth-order valence-corrected chi connectivity index (χ4v) is 0.909. The highest BCUT2D eigenvalue weighted by Gasteiger charge is 2.14. The first-order valence-corrected chi connectivity index (χ1v) is 4.18. The fraction of sp³-hybridized carbons (Fsp3) is 0.750. The normalized spacial score (nSPS) is 12.6. The van der Waals surface area contributed by atoms with Crippen LogP contribution in [0.25, 0.3) is 0 Å². The van der Waals surface area contributed by atoms with Crippen LogP contribution in [0.15, 0.2) is 0 Å². The van der Waals surface area contributed by atoms with Gasteiger partial charge in [-0.25, -0.2) is 0 Å². The minimum Gasteiger partial charge on any atom is -0.480 e. The third-order valence-electron chi connectivity index (χ3n) is 1.48. The molecule has 0 fully saturated rings. The number of carbonyl (C=O) groups excluding carboxylic acids is 1. The first kappa shape index (κ1) is 11.9. The van der Waals surface area contributed by atoms with Crippen molar-refractivity contribution in [2.24, 2.45) is 11.7 Å². The lowest BCUT2D eigenvalue weighted by Crippen LogP contribution is -2.43. The summed E-state index contributed by atoms with van der Waals surface area (Å²) < 4.78 is 0. The van der Waals surface area contributed by atoms with Gasteiger partial charge in [0.2, 0.25) is 5.91 Å². The summed E-state index contributed by atoms with van der Waals surface area (Å²) in [5, 5.41) is 10.5. The van der Waals surface area contributed by atoms with Crippen LogP contribution < -0.4 is 11.1 Å². The molecule has 0 aromatic carbocycles. The van der Waals surface area contributed by atoms with Crippen molar-refractivity contribution in [2.75, 3.05) is 6.54 Å². The summed E-state index contributed by atoms with van der Waals surface area (Å²) in [5.41, 5.74) is 5.50. The predicted octanol–water partition coefficient (Wildman–Crippen LogP) is -0.439. The number of rotatable bonds is 5. The van der Waals surface area contributed by atoms with Crippen molar-refractivity contribution in [1.29, 1.82) is 0 Å². The van der Waals surface area contributed by atoms with Gasteiger partial charge in [0.25, 0.3) is 0 Å². The van der Waals surface area contributed by atoms with Gasteiger partial charge in [0, 0.05) is 0 Å². The van der Waals surface area contributed by atoms with E-state index in [1.165, 1.54) is 0 Å². The largest absolute Gasteiger partial charge is 0.480 e. The minimum atomic E-state index is -1.06. The molecule has 0 aromatic heterocycles. The molecule has 0 heterocycles. The van der Waals surface area contributed by atoms with Crippen molar-refractivity contribution in [2.45, 2.75) is 26.3 Å². The molecule has 0 aliphatic carbocycles. The van der Waals surface area contributed by atoms with Gasteiger partial charge < -0.3 is 16.2 Å². The molecule has 0 rings (SSSR count). The van der Waals surface area contributed by atoms with Gasteiger partial charge >= 0.3 is 5.97 Å². The number of hydrogen-bond donors (Lipinski definition) is 3. The molecule has 0 saturated carbocycles. The number of nitrogens with two attached hydrogens (primary N) is 1. The molecule has 4 N–H and O–H groups in total. The summed E-state index contributed by atoms with van der Waals surface area (Å²) >= 11 is 0. The molecule has 0 aromatic rings. The van der Waals surface area contributed by atoms with Gasteiger partial charge in [-0.2, -0.15) is 0 Å². The molecule has 1 atom stereocenters. The van der Waals surface area contributed by atoms with E-state index < -0.39 is 17.9 Å². The Morgan fingerprint density at radius 2 is 2.00 bits per heavy atom. The van der Waals surface area contributed by atoms with E-state index in [2.05, 4.69) is 5.32 Å². The highest BCUT2D eigenvalue weighted by molar-refractivity contribution is 5.84. The average molecular weight is 188 g/mol. The molecule has 13 heavy (non-hydrogen) atoms.